The minimum atomic E-state index is -1.21. The molecule has 0 aliphatic carbocycles. The third-order valence-electron chi connectivity index (χ3n) is 16.8. The molecule has 1 saturated heterocycles. The number of carbonyl (C=O) groups is 5. The number of hydrogen-bond acceptors (Lipinski definition) is 17. The lowest BCUT2D eigenvalue weighted by Crippen LogP contribution is -2.41. The van der Waals surface area contributed by atoms with Gasteiger partial charge in [-0.05, 0) is 108 Å². The molecule has 0 unspecified atom stereocenters. The zero-order valence-electron chi connectivity index (χ0n) is 58.3. The molecule has 3 amide bonds. The van der Waals surface area contributed by atoms with Crippen molar-refractivity contribution in [3.8, 4) is 21.1 Å². The van der Waals surface area contributed by atoms with Crippen LogP contribution in [0.5, 0.6) is 0 Å². The first-order valence-corrected chi connectivity index (χ1v) is 41.9. The lowest BCUT2D eigenvalue weighted by molar-refractivity contribution is 0.0597. The Morgan fingerprint density at radius 3 is 1.54 bits per heavy atom. The van der Waals surface area contributed by atoms with Gasteiger partial charge in [0.05, 0.1) is 68.4 Å². The highest BCUT2D eigenvalue weighted by Crippen LogP contribution is 2.33. The van der Waals surface area contributed by atoms with Crippen LogP contribution in [-0.4, -0.2) is 141 Å². The summed E-state index contributed by atoms with van der Waals surface area (Å²) < 4.78 is 26.3. The van der Waals surface area contributed by atoms with Crippen LogP contribution in [0.4, 0.5) is 0 Å². The molecule has 94 heavy (non-hydrogen) atoms. The molecule has 26 heteroatoms. The van der Waals surface area contributed by atoms with Gasteiger partial charge in [0.25, 0.3) is 17.7 Å². The third kappa shape index (κ3) is 20.8. The topological polar surface area (TPSA) is 261 Å². The molecule has 3 atom stereocenters. The average Bonchev–Trinajstić information content (AvgIpc) is 1.64. The summed E-state index contributed by atoms with van der Waals surface area (Å²) in [5.74, 6) is -0.354. The Balaban J connectivity index is 0.000000201. The minimum absolute atomic E-state index is 0.00214. The summed E-state index contributed by atoms with van der Waals surface area (Å²) in [7, 11) is -0.996. The second kappa shape index (κ2) is 31.6. The van der Waals surface area contributed by atoms with Crippen LogP contribution in [0.2, 0.25) is 51.4 Å². The number of halogens is 1. The van der Waals surface area contributed by atoms with Gasteiger partial charge >= 0.3 is 5.97 Å². The predicted octanol–water partition coefficient (Wildman–Crippen LogP) is 14.9. The molecule has 8 aromatic rings. The van der Waals surface area contributed by atoms with E-state index in [-0.39, 0.29) is 57.9 Å². The summed E-state index contributed by atoms with van der Waals surface area (Å²) in [5, 5.41) is 9.23. The molecule has 1 aliphatic rings. The standard InChI is InChI=1S/C25H36N4O4SSi.C24H30N4O3S.C19H31BrN4O2Si/c1-16(25(2,3)4)27-23(30)17-14-29(15-33-11-12-35(6,7)8)22-21(17)28-18(13-26-22)19-9-10-20(34-19)24(31)32-5;1-14(24(2,3)4)27-23(30)16-12-25-22-21(16)28-17(13-26-22)19-5-6-20(32-19)18(29)11-15-7-9-31-10-8-15;1-13(19(2,3)4)22-18(25)14-11-24(12-26-8-9-27(5,6)7)17-16(14)23-15(20)10-21-17/h9-10,13-14,16H,11-12,15H2,1-8H3,(H,27,30);5-6,12-15H,7-11H2,1-4H3,(H,25,26)(H,27,30);10-11,13H,8-9,12H2,1-7H3,(H,22,25)/t16-;14-;13-/m000/s1. The van der Waals surface area contributed by atoms with Crippen molar-refractivity contribution in [1.82, 2.24) is 60.0 Å². The Bertz CT molecular complexity index is 3930. The van der Waals surface area contributed by atoms with E-state index in [1.807, 2.05) is 48.1 Å². The van der Waals surface area contributed by atoms with E-state index in [4.69, 9.17) is 28.9 Å². The Morgan fingerprint density at radius 2 is 1.06 bits per heavy atom. The second-order valence-electron chi connectivity index (χ2n) is 29.9. The van der Waals surface area contributed by atoms with E-state index in [1.165, 1.54) is 29.8 Å². The van der Waals surface area contributed by atoms with Gasteiger partial charge in [0.15, 0.2) is 22.7 Å². The monoisotopic (exact) mass is 1420 g/mol. The average molecular weight is 1430 g/mol. The van der Waals surface area contributed by atoms with Crippen molar-refractivity contribution in [2.24, 2.45) is 22.2 Å². The van der Waals surface area contributed by atoms with Crippen LogP contribution in [0.15, 0.2) is 66.0 Å². The van der Waals surface area contributed by atoms with Gasteiger partial charge in [-0.2, -0.15) is 0 Å². The van der Waals surface area contributed by atoms with Gasteiger partial charge in [0, 0.05) is 85.7 Å². The SMILES string of the molecule is COC(=O)c1ccc(-c2cnc3c(n2)c(C(=O)N[C@@H](C)C(C)(C)C)cn3COCC[Si](C)(C)C)s1.C[C@H](NC(=O)c1c[nH]c2ncc(-c3ccc(C(=O)CC4CCOCC4)s3)nc12)C(C)(C)C.C[C@H](NC(=O)c1cn(COCC[Si](C)(C)C)c2ncc(Br)nc12)C(C)(C)C. The summed E-state index contributed by atoms with van der Waals surface area (Å²) in [6.07, 6.45) is 12.6. The Kier molecular flexibility index (Phi) is 25.2. The Hall–Kier alpha value is -6.40. The molecule has 9 rings (SSSR count). The number of carbonyl (C=O) groups excluding carboxylic acids is 5. The molecule has 0 aromatic carbocycles. The molecule has 1 aliphatic heterocycles. The van der Waals surface area contributed by atoms with E-state index in [0.29, 0.717) is 110 Å². The molecule has 21 nitrogen and oxygen atoms in total. The van der Waals surface area contributed by atoms with Crippen molar-refractivity contribution in [2.75, 3.05) is 33.5 Å². The van der Waals surface area contributed by atoms with E-state index < -0.39 is 22.1 Å². The maximum absolute atomic E-state index is 13.3. The molecule has 8 aromatic heterocycles. The highest BCUT2D eigenvalue weighted by molar-refractivity contribution is 9.10. The van der Waals surface area contributed by atoms with Crippen LogP contribution >= 0.6 is 38.6 Å². The highest BCUT2D eigenvalue weighted by Gasteiger charge is 2.29. The fraction of sp³-hybridized carbons (Fsp3) is 0.544. The number of rotatable bonds is 22. The Morgan fingerprint density at radius 1 is 0.628 bits per heavy atom. The highest BCUT2D eigenvalue weighted by atomic mass is 79.9. The number of nitrogens with zero attached hydrogens (tertiary/aromatic N) is 8. The maximum Gasteiger partial charge on any atom is 0.348 e. The molecule has 9 heterocycles. The van der Waals surface area contributed by atoms with Crippen molar-refractivity contribution in [1.29, 1.82) is 0 Å². The van der Waals surface area contributed by atoms with Gasteiger partial charge < -0.3 is 49.0 Å². The van der Waals surface area contributed by atoms with Gasteiger partial charge in [-0.1, -0.05) is 102 Å². The van der Waals surface area contributed by atoms with Crippen molar-refractivity contribution in [2.45, 2.75) is 185 Å². The number of ether oxygens (including phenoxy) is 4. The molecule has 0 saturated carbocycles. The quantitative estimate of drug-likeness (QED) is 0.0213. The molecule has 1 fully saturated rings. The van der Waals surface area contributed by atoms with Crippen LogP contribution in [0.25, 0.3) is 54.6 Å². The van der Waals surface area contributed by atoms with Crippen molar-refractivity contribution >= 4 is 118 Å². The number of hydrogen-bond donors (Lipinski definition) is 4. The molecular weight excluding hydrogens is 1330 g/mol. The van der Waals surface area contributed by atoms with Gasteiger partial charge in [0.1, 0.15) is 39.5 Å². The van der Waals surface area contributed by atoms with Crippen LogP contribution in [0, 0.1) is 22.2 Å². The molecule has 510 valence electrons. The first kappa shape index (κ1) is 75.0. The second-order valence-corrected chi connectivity index (χ2v) is 44.1. The van der Waals surface area contributed by atoms with E-state index in [2.05, 4.69) is 158 Å². The number of amides is 3. The molecule has 0 bridgehead atoms. The fourth-order valence-corrected chi connectivity index (χ4v) is 12.7. The molecule has 0 spiro atoms. The summed E-state index contributed by atoms with van der Waals surface area (Å²) >= 11 is 6.06. The van der Waals surface area contributed by atoms with Crippen LogP contribution in [0.1, 0.15) is 153 Å². The van der Waals surface area contributed by atoms with E-state index in [1.54, 1.807) is 43.2 Å². The summed E-state index contributed by atoms with van der Waals surface area (Å²) in [5.41, 5.74) is 5.93. The number of esters is 1. The van der Waals surface area contributed by atoms with Crippen molar-refractivity contribution < 1.29 is 42.9 Å². The number of Topliss-reactive ketones (excluding diaryl/α,β-unsaturated/α-hetero) is 1. The third-order valence-corrected chi connectivity index (χ3v) is 22.8. The van der Waals surface area contributed by atoms with Crippen molar-refractivity contribution in [3.05, 3.63) is 92.5 Å². The number of methoxy groups -OCH3 is 1. The number of fused-ring (bicyclic) bond motifs is 3. The lowest BCUT2D eigenvalue weighted by atomic mass is 9.88. The zero-order chi connectivity index (χ0) is 69.3. The van der Waals surface area contributed by atoms with Gasteiger partial charge in [-0.25, -0.2) is 34.7 Å². The number of nitrogens with one attached hydrogen (secondary N) is 4. The fourth-order valence-electron chi connectivity index (χ4n) is 9.09. The zero-order valence-corrected chi connectivity index (χ0v) is 63.5. The number of aromatic amines is 1. The minimum Gasteiger partial charge on any atom is -0.465 e. The Labute approximate surface area is 571 Å². The molecule has 0 radical (unpaired) electrons. The van der Waals surface area contributed by atoms with Gasteiger partial charge in [-0.3, -0.25) is 19.2 Å². The van der Waals surface area contributed by atoms with E-state index in [9.17, 15) is 24.0 Å². The summed E-state index contributed by atoms with van der Waals surface area (Å²) in [6, 6.07) is 9.42. The molecule has 4 N–H and O–H groups in total. The largest absolute Gasteiger partial charge is 0.465 e. The summed E-state index contributed by atoms with van der Waals surface area (Å²) in [6.45, 7) is 42.2. The van der Waals surface area contributed by atoms with E-state index >= 15 is 0 Å². The normalized spacial score (nSPS) is 14.4. The maximum atomic E-state index is 13.3. The van der Waals surface area contributed by atoms with Crippen molar-refractivity contribution in [3.63, 3.8) is 0 Å². The van der Waals surface area contributed by atoms with Crippen LogP contribution in [-0.2, 0) is 32.4 Å². The first-order valence-electron chi connectivity index (χ1n) is 32.1. The van der Waals surface area contributed by atoms with E-state index in [0.717, 1.165) is 52.8 Å². The van der Waals surface area contributed by atoms with Crippen LogP contribution in [0.3, 0.4) is 0 Å². The molecular formula is C68H97BrN12O9S2Si2. The lowest BCUT2D eigenvalue weighted by Gasteiger charge is -2.27. The smallest absolute Gasteiger partial charge is 0.348 e. The number of H-pyrrole nitrogens is 1. The van der Waals surface area contributed by atoms with Gasteiger partial charge in [0.2, 0.25) is 0 Å². The number of thiophene rings is 2. The first-order chi connectivity index (χ1) is 43.9. The van der Waals surface area contributed by atoms with Gasteiger partial charge in [-0.15, -0.1) is 22.7 Å². The number of ketones is 1. The predicted molar refractivity (Wildman–Crippen MR) is 384 cm³/mol. The summed E-state index contributed by atoms with van der Waals surface area (Å²) in [4.78, 5) is 97.0. The van der Waals surface area contributed by atoms with Crippen LogP contribution < -0.4 is 16.0 Å². The number of aromatic nitrogens is 9.